The van der Waals surface area contributed by atoms with Gasteiger partial charge in [0.05, 0.1) is 0 Å². The van der Waals surface area contributed by atoms with E-state index in [4.69, 9.17) is 6.42 Å². The second-order valence-corrected chi connectivity index (χ2v) is 4.20. The molecular weight excluding hydrogens is 201 g/mol. The molecule has 1 unspecified atom stereocenters. The van der Waals surface area contributed by atoms with Crippen molar-refractivity contribution in [2.24, 2.45) is 0 Å². The molecule has 0 aliphatic carbocycles. The molecule has 0 amide bonds. The standard InChI is InChI=1S/C14H16FN/c1-2-3-4-10-16-11-9-14(16)12-5-7-13(15)8-6-12/h1,5-8,14H,3-4,9-11H2. The number of nitrogens with zero attached hydrogens (tertiary/aromatic N) is 1. The lowest BCUT2D eigenvalue weighted by molar-refractivity contribution is 0.0899. The van der Waals surface area contributed by atoms with Crippen molar-refractivity contribution in [3.63, 3.8) is 0 Å². The van der Waals surface area contributed by atoms with Gasteiger partial charge in [0.1, 0.15) is 5.82 Å². The third-order valence-electron chi connectivity index (χ3n) is 3.15. The Morgan fingerprint density at radius 2 is 2.12 bits per heavy atom. The van der Waals surface area contributed by atoms with Gasteiger partial charge in [-0.3, -0.25) is 4.90 Å². The number of terminal acetylenes is 1. The molecule has 2 rings (SSSR count). The van der Waals surface area contributed by atoms with Crippen molar-refractivity contribution in [2.45, 2.75) is 25.3 Å². The van der Waals surface area contributed by atoms with Crippen LogP contribution in [0.3, 0.4) is 0 Å². The van der Waals surface area contributed by atoms with Crippen LogP contribution in [0, 0.1) is 18.2 Å². The maximum absolute atomic E-state index is 12.8. The summed E-state index contributed by atoms with van der Waals surface area (Å²) in [6, 6.07) is 7.31. The largest absolute Gasteiger partial charge is 0.296 e. The fraction of sp³-hybridized carbons (Fsp3) is 0.429. The highest BCUT2D eigenvalue weighted by Gasteiger charge is 2.28. The summed E-state index contributed by atoms with van der Waals surface area (Å²) in [5, 5.41) is 0. The monoisotopic (exact) mass is 217 g/mol. The SMILES string of the molecule is C#CCCCN1CCC1c1ccc(F)cc1. The summed E-state index contributed by atoms with van der Waals surface area (Å²) in [4.78, 5) is 2.41. The van der Waals surface area contributed by atoms with Crippen LogP contribution in [-0.4, -0.2) is 18.0 Å². The highest BCUT2D eigenvalue weighted by atomic mass is 19.1. The van der Waals surface area contributed by atoms with Gasteiger partial charge in [-0.05, 0) is 37.1 Å². The van der Waals surface area contributed by atoms with Gasteiger partial charge in [-0.15, -0.1) is 12.3 Å². The lowest BCUT2D eigenvalue weighted by Gasteiger charge is -2.41. The molecule has 1 aliphatic rings. The third kappa shape index (κ3) is 2.43. The van der Waals surface area contributed by atoms with Gasteiger partial charge in [0, 0.05) is 19.0 Å². The first-order valence-electron chi connectivity index (χ1n) is 5.74. The molecule has 0 bridgehead atoms. The van der Waals surface area contributed by atoms with Gasteiger partial charge >= 0.3 is 0 Å². The molecule has 0 radical (unpaired) electrons. The molecule has 1 nitrogen and oxygen atoms in total. The summed E-state index contributed by atoms with van der Waals surface area (Å²) < 4.78 is 12.8. The zero-order chi connectivity index (χ0) is 11.4. The van der Waals surface area contributed by atoms with E-state index >= 15 is 0 Å². The third-order valence-corrected chi connectivity index (χ3v) is 3.15. The van der Waals surface area contributed by atoms with Crippen LogP contribution in [0.1, 0.15) is 30.9 Å². The van der Waals surface area contributed by atoms with Gasteiger partial charge in [-0.25, -0.2) is 4.39 Å². The van der Waals surface area contributed by atoms with Crippen molar-refractivity contribution < 1.29 is 4.39 Å². The van der Waals surface area contributed by atoms with Gasteiger partial charge in [0.15, 0.2) is 0 Å². The van der Waals surface area contributed by atoms with Crippen LogP contribution in [0.5, 0.6) is 0 Å². The van der Waals surface area contributed by atoms with E-state index in [1.807, 2.05) is 12.1 Å². The maximum atomic E-state index is 12.8. The molecule has 0 N–H and O–H groups in total. The minimum atomic E-state index is -0.165. The lowest BCUT2D eigenvalue weighted by atomic mass is 9.94. The summed E-state index contributed by atoms with van der Waals surface area (Å²) >= 11 is 0. The number of likely N-dealkylation sites (tertiary alicyclic amines) is 1. The second-order valence-electron chi connectivity index (χ2n) is 4.20. The van der Waals surface area contributed by atoms with Gasteiger partial charge in [0.25, 0.3) is 0 Å². The predicted octanol–water partition coefficient (Wildman–Crippen LogP) is 2.99. The van der Waals surface area contributed by atoms with Crippen LogP contribution >= 0.6 is 0 Å². The summed E-state index contributed by atoms with van der Waals surface area (Å²) in [6.45, 7) is 2.18. The topological polar surface area (TPSA) is 3.24 Å². The minimum Gasteiger partial charge on any atom is -0.296 e. The van der Waals surface area contributed by atoms with Crippen molar-refractivity contribution in [1.82, 2.24) is 4.90 Å². The minimum absolute atomic E-state index is 0.165. The molecule has 1 aliphatic heterocycles. The Morgan fingerprint density at radius 3 is 2.69 bits per heavy atom. The van der Waals surface area contributed by atoms with E-state index in [1.165, 1.54) is 24.1 Å². The van der Waals surface area contributed by atoms with E-state index in [2.05, 4.69) is 10.8 Å². The van der Waals surface area contributed by atoms with E-state index in [0.717, 1.165) is 25.9 Å². The number of hydrogen-bond acceptors (Lipinski definition) is 1. The predicted molar refractivity (Wildman–Crippen MR) is 63.4 cm³/mol. The maximum Gasteiger partial charge on any atom is 0.123 e. The second kappa shape index (κ2) is 5.14. The van der Waals surface area contributed by atoms with Crippen LogP contribution in [0.2, 0.25) is 0 Å². The van der Waals surface area contributed by atoms with Crippen LogP contribution < -0.4 is 0 Å². The normalized spacial score (nSPS) is 20.1. The quantitative estimate of drug-likeness (QED) is 0.553. The van der Waals surface area contributed by atoms with Crippen molar-refractivity contribution in [1.29, 1.82) is 0 Å². The summed E-state index contributed by atoms with van der Waals surface area (Å²) in [5.41, 5.74) is 1.22. The Balaban J connectivity index is 1.90. The van der Waals surface area contributed by atoms with Gasteiger partial charge in [0.2, 0.25) is 0 Å². The van der Waals surface area contributed by atoms with Crippen LogP contribution in [0.4, 0.5) is 4.39 Å². The van der Waals surface area contributed by atoms with Gasteiger partial charge in [-0.2, -0.15) is 0 Å². The molecule has 1 aromatic rings. The number of hydrogen-bond donors (Lipinski definition) is 0. The number of benzene rings is 1. The number of rotatable bonds is 4. The van der Waals surface area contributed by atoms with Crippen molar-refractivity contribution in [3.8, 4) is 12.3 Å². The zero-order valence-electron chi connectivity index (χ0n) is 9.32. The van der Waals surface area contributed by atoms with E-state index in [1.54, 1.807) is 0 Å². The molecule has 2 heteroatoms. The van der Waals surface area contributed by atoms with Crippen LogP contribution in [-0.2, 0) is 0 Å². The Hall–Kier alpha value is -1.33. The summed E-state index contributed by atoms with van der Waals surface area (Å²) in [5.74, 6) is 2.49. The summed E-state index contributed by atoms with van der Waals surface area (Å²) in [7, 11) is 0. The van der Waals surface area contributed by atoms with E-state index in [0.29, 0.717) is 6.04 Å². The van der Waals surface area contributed by atoms with E-state index in [9.17, 15) is 4.39 Å². The molecule has 0 spiro atoms. The lowest BCUT2D eigenvalue weighted by Crippen LogP contribution is -2.41. The molecule has 1 heterocycles. The number of halogens is 1. The number of unbranched alkanes of at least 4 members (excludes halogenated alkanes) is 1. The average molecular weight is 217 g/mol. The Bertz CT molecular complexity index is 377. The zero-order valence-corrected chi connectivity index (χ0v) is 9.32. The fourth-order valence-corrected chi connectivity index (χ4v) is 2.16. The first kappa shape index (κ1) is 11.2. The van der Waals surface area contributed by atoms with Crippen molar-refractivity contribution in [2.75, 3.05) is 13.1 Å². The van der Waals surface area contributed by atoms with E-state index in [-0.39, 0.29) is 5.82 Å². The van der Waals surface area contributed by atoms with Crippen LogP contribution in [0.15, 0.2) is 24.3 Å². The van der Waals surface area contributed by atoms with Crippen LogP contribution in [0.25, 0.3) is 0 Å². The molecule has 0 aromatic heterocycles. The Kier molecular flexibility index (Phi) is 3.58. The molecule has 1 atom stereocenters. The molecule has 1 fully saturated rings. The van der Waals surface area contributed by atoms with Crippen molar-refractivity contribution >= 4 is 0 Å². The summed E-state index contributed by atoms with van der Waals surface area (Å²) in [6.07, 6.45) is 8.28. The Morgan fingerprint density at radius 1 is 1.38 bits per heavy atom. The first-order chi connectivity index (χ1) is 7.81. The van der Waals surface area contributed by atoms with Gasteiger partial charge < -0.3 is 0 Å². The smallest absolute Gasteiger partial charge is 0.123 e. The van der Waals surface area contributed by atoms with Crippen molar-refractivity contribution in [3.05, 3.63) is 35.6 Å². The molecule has 1 saturated heterocycles. The highest BCUT2D eigenvalue weighted by Crippen LogP contribution is 2.33. The molecule has 84 valence electrons. The molecule has 16 heavy (non-hydrogen) atoms. The fourth-order valence-electron chi connectivity index (χ4n) is 2.16. The first-order valence-corrected chi connectivity index (χ1v) is 5.74. The highest BCUT2D eigenvalue weighted by molar-refractivity contribution is 5.21. The molecule has 1 aromatic carbocycles. The van der Waals surface area contributed by atoms with Gasteiger partial charge in [-0.1, -0.05) is 12.1 Å². The average Bonchev–Trinajstić information content (AvgIpc) is 2.26. The molecular formula is C14H16FN. The molecule has 0 saturated carbocycles. The van der Waals surface area contributed by atoms with E-state index < -0.39 is 0 Å². The Labute approximate surface area is 96.3 Å².